The first-order valence-electron chi connectivity index (χ1n) is 6.87. The van der Waals surface area contributed by atoms with Crippen LogP contribution in [0.15, 0.2) is 48.5 Å². The van der Waals surface area contributed by atoms with E-state index in [1.807, 2.05) is 13.0 Å². The van der Waals surface area contributed by atoms with E-state index in [-0.39, 0.29) is 18.2 Å². The number of nitrogens with one attached hydrogen (secondary N) is 2. The first kappa shape index (κ1) is 15.6. The predicted octanol–water partition coefficient (Wildman–Crippen LogP) is 2.01. The number of carbonyl (C=O) groups is 2. The molecule has 0 fully saturated rings. The molecule has 0 spiro atoms. The van der Waals surface area contributed by atoms with E-state index in [9.17, 15) is 9.59 Å². The molecule has 5 nitrogen and oxygen atoms in total. The topological polar surface area (TPSA) is 67.4 Å². The van der Waals surface area contributed by atoms with E-state index >= 15 is 0 Å². The summed E-state index contributed by atoms with van der Waals surface area (Å²) in [5.74, 6) is 0.106. The number of rotatable bonds is 4. The Labute approximate surface area is 129 Å². The lowest BCUT2D eigenvalue weighted by molar-refractivity contribution is -0.121. The average molecular weight is 298 g/mol. The summed E-state index contributed by atoms with van der Waals surface area (Å²) in [7, 11) is 1.59. The van der Waals surface area contributed by atoms with Crippen molar-refractivity contribution in [1.29, 1.82) is 0 Å². The van der Waals surface area contributed by atoms with Gasteiger partial charge in [-0.25, -0.2) is 0 Å². The molecule has 2 aromatic carbocycles. The summed E-state index contributed by atoms with van der Waals surface area (Å²) < 4.78 is 5.05. The lowest BCUT2D eigenvalue weighted by Gasteiger charge is -2.08. The third-order valence-electron chi connectivity index (χ3n) is 3.12. The summed E-state index contributed by atoms with van der Waals surface area (Å²) in [6, 6.07) is 14.3. The smallest absolute Gasteiger partial charge is 0.269 e. The van der Waals surface area contributed by atoms with E-state index in [0.29, 0.717) is 5.56 Å². The number of hydrazine groups is 1. The van der Waals surface area contributed by atoms with E-state index in [4.69, 9.17) is 4.74 Å². The van der Waals surface area contributed by atoms with Gasteiger partial charge in [-0.3, -0.25) is 20.4 Å². The van der Waals surface area contributed by atoms with Crippen LogP contribution in [0, 0.1) is 6.92 Å². The van der Waals surface area contributed by atoms with E-state index in [2.05, 4.69) is 10.9 Å². The normalized spacial score (nSPS) is 9.91. The van der Waals surface area contributed by atoms with Crippen LogP contribution in [0.5, 0.6) is 5.75 Å². The fourth-order valence-electron chi connectivity index (χ4n) is 1.96. The highest BCUT2D eigenvalue weighted by atomic mass is 16.5. The molecular formula is C17H18N2O3. The summed E-state index contributed by atoms with van der Waals surface area (Å²) in [5.41, 5.74) is 7.14. The van der Waals surface area contributed by atoms with Crippen molar-refractivity contribution in [3.05, 3.63) is 65.2 Å². The van der Waals surface area contributed by atoms with Crippen molar-refractivity contribution in [3.63, 3.8) is 0 Å². The molecule has 0 heterocycles. The minimum absolute atomic E-state index is 0.179. The number of amides is 2. The molecule has 2 N–H and O–H groups in total. The molecule has 2 rings (SSSR count). The van der Waals surface area contributed by atoms with E-state index in [1.54, 1.807) is 49.6 Å². The fraction of sp³-hybridized carbons (Fsp3) is 0.176. The van der Waals surface area contributed by atoms with Crippen LogP contribution >= 0.6 is 0 Å². The molecule has 0 unspecified atom stereocenters. The fourth-order valence-corrected chi connectivity index (χ4v) is 1.96. The van der Waals surface area contributed by atoms with E-state index < -0.39 is 0 Å². The third kappa shape index (κ3) is 4.34. The second-order valence-corrected chi connectivity index (χ2v) is 4.90. The van der Waals surface area contributed by atoms with Crippen molar-refractivity contribution in [2.45, 2.75) is 13.3 Å². The van der Waals surface area contributed by atoms with Crippen LogP contribution in [0.25, 0.3) is 0 Å². The first-order valence-corrected chi connectivity index (χ1v) is 6.87. The van der Waals surface area contributed by atoms with Gasteiger partial charge in [-0.15, -0.1) is 0 Å². The predicted molar refractivity (Wildman–Crippen MR) is 83.5 cm³/mol. The monoisotopic (exact) mass is 298 g/mol. The summed E-state index contributed by atoms with van der Waals surface area (Å²) in [6.07, 6.45) is 0.179. The Morgan fingerprint density at radius 2 is 1.77 bits per heavy atom. The molecule has 0 bridgehead atoms. The SMILES string of the molecule is COc1ccc(CC(=O)NNC(=O)c2cccc(C)c2)cc1. The number of carbonyl (C=O) groups excluding carboxylic acids is 2. The highest BCUT2D eigenvalue weighted by Crippen LogP contribution is 2.11. The maximum absolute atomic E-state index is 11.9. The quantitative estimate of drug-likeness (QED) is 0.848. The highest BCUT2D eigenvalue weighted by Gasteiger charge is 2.08. The Morgan fingerprint density at radius 3 is 2.41 bits per heavy atom. The van der Waals surface area contributed by atoms with Crippen LogP contribution in [0.4, 0.5) is 0 Å². The molecule has 22 heavy (non-hydrogen) atoms. The molecule has 5 heteroatoms. The molecule has 0 aliphatic heterocycles. The molecule has 2 aromatic rings. The van der Waals surface area contributed by atoms with E-state index in [1.165, 1.54) is 0 Å². The van der Waals surface area contributed by atoms with Gasteiger partial charge < -0.3 is 4.74 Å². The van der Waals surface area contributed by atoms with E-state index in [0.717, 1.165) is 16.9 Å². The van der Waals surface area contributed by atoms with Crippen LogP contribution in [0.1, 0.15) is 21.5 Å². The average Bonchev–Trinajstić information content (AvgIpc) is 2.53. The van der Waals surface area contributed by atoms with Crippen LogP contribution in [-0.4, -0.2) is 18.9 Å². The number of hydrogen-bond donors (Lipinski definition) is 2. The Bertz CT molecular complexity index is 666. The standard InChI is InChI=1S/C17H18N2O3/c1-12-4-3-5-14(10-12)17(21)19-18-16(20)11-13-6-8-15(22-2)9-7-13/h3-10H,11H2,1-2H3,(H,18,20)(H,19,21). The second-order valence-electron chi connectivity index (χ2n) is 4.90. The lowest BCUT2D eigenvalue weighted by atomic mass is 10.1. The van der Waals surface area contributed by atoms with Gasteiger partial charge in [0.25, 0.3) is 5.91 Å². The van der Waals surface area contributed by atoms with Crippen LogP contribution in [0.2, 0.25) is 0 Å². The number of hydrogen-bond acceptors (Lipinski definition) is 3. The van der Waals surface area contributed by atoms with Gasteiger partial charge in [0.1, 0.15) is 5.75 Å². The molecule has 114 valence electrons. The van der Waals surface area contributed by atoms with Crippen molar-refractivity contribution in [3.8, 4) is 5.75 Å². The van der Waals surface area contributed by atoms with Gasteiger partial charge in [0, 0.05) is 5.56 Å². The summed E-state index contributed by atoms with van der Waals surface area (Å²) in [6.45, 7) is 1.90. The van der Waals surface area contributed by atoms with Crippen molar-refractivity contribution >= 4 is 11.8 Å². The molecule has 0 radical (unpaired) electrons. The maximum Gasteiger partial charge on any atom is 0.269 e. The largest absolute Gasteiger partial charge is 0.497 e. The number of aryl methyl sites for hydroxylation is 1. The van der Waals surface area contributed by atoms with Crippen molar-refractivity contribution < 1.29 is 14.3 Å². The van der Waals surface area contributed by atoms with Gasteiger partial charge >= 0.3 is 0 Å². The van der Waals surface area contributed by atoms with Gasteiger partial charge in [-0.05, 0) is 36.8 Å². The molecule has 2 amide bonds. The molecule has 0 atom stereocenters. The second kappa shape index (κ2) is 7.26. The van der Waals surface area contributed by atoms with Gasteiger partial charge in [-0.1, -0.05) is 29.8 Å². The zero-order valence-electron chi connectivity index (χ0n) is 12.6. The van der Waals surface area contributed by atoms with Gasteiger partial charge in [-0.2, -0.15) is 0 Å². The zero-order chi connectivity index (χ0) is 15.9. The number of benzene rings is 2. The van der Waals surface area contributed by atoms with Gasteiger partial charge in [0.2, 0.25) is 5.91 Å². The van der Waals surface area contributed by atoms with Crippen LogP contribution in [0.3, 0.4) is 0 Å². The highest BCUT2D eigenvalue weighted by molar-refractivity contribution is 5.95. The van der Waals surface area contributed by atoms with Gasteiger partial charge in [0.15, 0.2) is 0 Å². The Balaban J connectivity index is 1.85. The van der Waals surface area contributed by atoms with Crippen molar-refractivity contribution in [2.75, 3.05) is 7.11 Å². The zero-order valence-corrected chi connectivity index (χ0v) is 12.6. The molecule has 0 aliphatic rings. The molecule has 0 aliphatic carbocycles. The van der Waals surface area contributed by atoms with Gasteiger partial charge in [0.05, 0.1) is 13.5 Å². The minimum Gasteiger partial charge on any atom is -0.497 e. The molecule has 0 saturated carbocycles. The first-order chi connectivity index (χ1) is 10.6. The van der Waals surface area contributed by atoms with Crippen LogP contribution < -0.4 is 15.6 Å². The maximum atomic E-state index is 11.9. The van der Waals surface area contributed by atoms with Crippen LogP contribution in [-0.2, 0) is 11.2 Å². The number of methoxy groups -OCH3 is 1. The summed E-state index contributed by atoms with van der Waals surface area (Å²) in [4.78, 5) is 23.7. The Kier molecular flexibility index (Phi) is 5.14. The summed E-state index contributed by atoms with van der Waals surface area (Å²) in [5, 5.41) is 0. The lowest BCUT2D eigenvalue weighted by Crippen LogP contribution is -2.42. The minimum atomic E-state index is -0.341. The Hall–Kier alpha value is -2.82. The Morgan fingerprint density at radius 1 is 1.05 bits per heavy atom. The molecule has 0 aromatic heterocycles. The molecule has 0 saturated heterocycles. The molecular weight excluding hydrogens is 280 g/mol. The van der Waals surface area contributed by atoms with Crippen molar-refractivity contribution in [1.82, 2.24) is 10.9 Å². The third-order valence-corrected chi connectivity index (χ3v) is 3.12. The number of ether oxygens (including phenoxy) is 1. The summed E-state index contributed by atoms with van der Waals surface area (Å²) >= 11 is 0. The van der Waals surface area contributed by atoms with Crippen molar-refractivity contribution in [2.24, 2.45) is 0 Å².